The van der Waals surface area contributed by atoms with E-state index < -0.39 is 33.3 Å². The second-order valence-corrected chi connectivity index (χ2v) is 6.69. The number of carbonyl (C=O) groups is 1. The van der Waals surface area contributed by atoms with Gasteiger partial charge in [0.25, 0.3) is 10.0 Å². The van der Waals surface area contributed by atoms with Crippen molar-refractivity contribution in [2.24, 2.45) is 0 Å². The van der Waals surface area contributed by atoms with Crippen molar-refractivity contribution in [2.75, 3.05) is 10.0 Å². The van der Waals surface area contributed by atoms with E-state index in [1.54, 1.807) is 4.72 Å². The maximum atomic E-state index is 13.7. The lowest BCUT2D eigenvalue weighted by Crippen LogP contribution is -2.15. The van der Waals surface area contributed by atoms with Gasteiger partial charge in [-0.3, -0.25) is 9.52 Å². The van der Waals surface area contributed by atoms with Crippen LogP contribution in [0.4, 0.5) is 28.9 Å². The summed E-state index contributed by atoms with van der Waals surface area (Å²) >= 11 is 0. The molecule has 2 aromatic carbocycles. The van der Waals surface area contributed by atoms with E-state index in [9.17, 15) is 30.8 Å². The van der Waals surface area contributed by atoms with Gasteiger partial charge in [0.1, 0.15) is 5.82 Å². The predicted octanol–water partition coefficient (Wildman–Crippen LogP) is 3.60. The number of rotatable bonds is 4. The van der Waals surface area contributed by atoms with Crippen LogP contribution in [0.15, 0.2) is 47.4 Å². The minimum Gasteiger partial charge on any atom is -0.326 e. The SMILES string of the molecule is CC(=O)Nc1ccc(S(=O)(=O)Nc2cc(C(F)(F)F)ccc2F)cc1. The number of anilines is 2. The molecule has 1 amide bonds. The molecule has 0 saturated heterocycles. The highest BCUT2D eigenvalue weighted by atomic mass is 32.2. The Kier molecular flexibility index (Phi) is 5.02. The summed E-state index contributed by atoms with van der Waals surface area (Å²) in [5.74, 6) is -1.51. The summed E-state index contributed by atoms with van der Waals surface area (Å²) in [5.41, 5.74) is -1.68. The third kappa shape index (κ3) is 4.69. The Bertz CT molecular complexity index is 894. The fraction of sp³-hybridized carbons (Fsp3) is 0.133. The van der Waals surface area contributed by atoms with Crippen LogP contribution in [0.1, 0.15) is 12.5 Å². The number of hydrogen-bond donors (Lipinski definition) is 2. The molecule has 2 N–H and O–H groups in total. The zero-order valence-corrected chi connectivity index (χ0v) is 13.5. The normalized spacial score (nSPS) is 11.9. The first kappa shape index (κ1) is 18.7. The van der Waals surface area contributed by atoms with Gasteiger partial charge in [0.05, 0.1) is 16.1 Å². The van der Waals surface area contributed by atoms with Crippen molar-refractivity contribution in [1.82, 2.24) is 0 Å². The second-order valence-electron chi connectivity index (χ2n) is 5.00. The molecule has 0 aliphatic rings. The van der Waals surface area contributed by atoms with Crippen molar-refractivity contribution in [1.29, 1.82) is 0 Å². The van der Waals surface area contributed by atoms with Crippen molar-refractivity contribution < 1.29 is 30.8 Å². The van der Waals surface area contributed by atoms with Crippen molar-refractivity contribution >= 4 is 27.3 Å². The van der Waals surface area contributed by atoms with Gasteiger partial charge >= 0.3 is 6.18 Å². The second kappa shape index (κ2) is 6.71. The van der Waals surface area contributed by atoms with E-state index in [0.29, 0.717) is 23.9 Å². The predicted molar refractivity (Wildman–Crippen MR) is 83.0 cm³/mol. The van der Waals surface area contributed by atoms with E-state index in [4.69, 9.17) is 0 Å². The van der Waals surface area contributed by atoms with Gasteiger partial charge in [-0.15, -0.1) is 0 Å². The molecule has 0 unspecified atom stereocenters. The summed E-state index contributed by atoms with van der Waals surface area (Å²) in [6.07, 6.45) is -4.74. The number of benzene rings is 2. The lowest BCUT2D eigenvalue weighted by Gasteiger charge is -2.12. The fourth-order valence-electron chi connectivity index (χ4n) is 1.90. The maximum absolute atomic E-state index is 13.7. The Labute approximate surface area is 140 Å². The quantitative estimate of drug-likeness (QED) is 0.801. The molecule has 0 saturated carbocycles. The molecule has 0 bridgehead atoms. The molecule has 134 valence electrons. The number of alkyl halides is 3. The van der Waals surface area contributed by atoms with E-state index in [1.165, 1.54) is 19.1 Å². The van der Waals surface area contributed by atoms with Crippen LogP contribution in [-0.4, -0.2) is 14.3 Å². The first-order chi connectivity index (χ1) is 11.5. The number of nitrogens with one attached hydrogen (secondary N) is 2. The zero-order chi connectivity index (χ0) is 18.8. The van der Waals surface area contributed by atoms with E-state index >= 15 is 0 Å². The molecule has 2 aromatic rings. The van der Waals surface area contributed by atoms with Gasteiger partial charge in [-0.25, -0.2) is 12.8 Å². The first-order valence-electron chi connectivity index (χ1n) is 6.76. The highest BCUT2D eigenvalue weighted by Gasteiger charge is 2.31. The molecule has 5 nitrogen and oxygen atoms in total. The number of carbonyl (C=O) groups excluding carboxylic acids is 1. The van der Waals surface area contributed by atoms with Gasteiger partial charge in [0.15, 0.2) is 0 Å². The van der Waals surface area contributed by atoms with Crippen LogP contribution in [0.3, 0.4) is 0 Å². The maximum Gasteiger partial charge on any atom is 0.416 e. The molecule has 0 spiro atoms. The van der Waals surface area contributed by atoms with E-state index in [0.717, 1.165) is 12.1 Å². The monoisotopic (exact) mass is 376 g/mol. The molecular formula is C15H12F4N2O3S. The molecule has 0 heterocycles. The lowest BCUT2D eigenvalue weighted by atomic mass is 10.2. The molecule has 2 rings (SSSR count). The third-order valence-corrected chi connectivity index (χ3v) is 4.40. The standard InChI is InChI=1S/C15H12F4N2O3S/c1-9(22)20-11-3-5-12(6-4-11)25(23,24)21-14-8-10(15(17,18)19)2-7-13(14)16/h2-8,21H,1H3,(H,20,22). The minimum absolute atomic E-state index is 0.307. The van der Waals surface area contributed by atoms with Crippen molar-refractivity contribution in [3.63, 3.8) is 0 Å². The Morgan fingerprint density at radius 1 is 1.04 bits per heavy atom. The van der Waals surface area contributed by atoms with Gasteiger partial charge < -0.3 is 5.32 Å². The van der Waals surface area contributed by atoms with Crippen LogP contribution < -0.4 is 10.0 Å². The van der Waals surface area contributed by atoms with Gasteiger partial charge in [-0.05, 0) is 42.5 Å². The average Bonchev–Trinajstić information content (AvgIpc) is 2.48. The van der Waals surface area contributed by atoms with Crippen molar-refractivity contribution in [3.05, 3.63) is 53.8 Å². The molecular weight excluding hydrogens is 364 g/mol. The molecule has 0 aliphatic heterocycles. The average molecular weight is 376 g/mol. The first-order valence-corrected chi connectivity index (χ1v) is 8.24. The van der Waals surface area contributed by atoms with E-state index in [2.05, 4.69) is 5.32 Å². The minimum atomic E-state index is -4.74. The summed E-state index contributed by atoms with van der Waals surface area (Å²) in [6.45, 7) is 1.27. The molecule has 0 aliphatic carbocycles. The number of amides is 1. The van der Waals surface area contributed by atoms with Gasteiger partial charge in [0, 0.05) is 12.6 Å². The van der Waals surface area contributed by atoms with Gasteiger partial charge in [-0.1, -0.05) is 0 Å². The van der Waals surface area contributed by atoms with Crippen LogP contribution in [0.25, 0.3) is 0 Å². The summed E-state index contributed by atoms with van der Waals surface area (Å²) in [6, 6.07) is 6.24. The topological polar surface area (TPSA) is 75.3 Å². The number of hydrogen-bond acceptors (Lipinski definition) is 3. The van der Waals surface area contributed by atoms with Crippen LogP contribution in [0, 0.1) is 5.82 Å². The molecule has 0 aromatic heterocycles. The molecule has 10 heteroatoms. The molecule has 25 heavy (non-hydrogen) atoms. The van der Waals surface area contributed by atoms with Crippen LogP contribution >= 0.6 is 0 Å². The Morgan fingerprint density at radius 2 is 1.64 bits per heavy atom. The Balaban J connectivity index is 2.31. The summed E-state index contributed by atoms with van der Waals surface area (Å²) in [7, 11) is -4.31. The highest BCUT2D eigenvalue weighted by molar-refractivity contribution is 7.92. The van der Waals surface area contributed by atoms with Gasteiger partial charge in [-0.2, -0.15) is 13.2 Å². The van der Waals surface area contributed by atoms with Crippen molar-refractivity contribution in [2.45, 2.75) is 18.0 Å². The van der Waals surface area contributed by atoms with Crippen LogP contribution in [0.5, 0.6) is 0 Å². The smallest absolute Gasteiger partial charge is 0.326 e. The molecule has 0 fully saturated rings. The molecule has 0 radical (unpaired) electrons. The number of halogens is 4. The van der Waals surface area contributed by atoms with Crippen LogP contribution in [-0.2, 0) is 21.0 Å². The van der Waals surface area contributed by atoms with Gasteiger partial charge in [0.2, 0.25) is 5.91 Å². The summed E-state index contributed by atoms with van der Waals surface area (Å²) < 4.78 is 77.9. The summed E-state index contributed by atoms with van der Waals surface area (Å²) in [5, 5.41) is 2.43. The van der Waals surface area contributed by atoms with Crippen LogP contribution in [0.2, 0.25) is 0 Å². The summed E-state index contributed by atoms with van der Waals surface area (Å²) in [4.78, 5) is 10.6. The zero-order valence-electron chi connectivity index (χ0n) is 12.7. The highest BCUT2D eigenvalue weighted by Crippen LogP contribution is 2.32. The van der Waals surface area contributed by atoms with E-state index in [1.807, 2.05) is 0 Å². The Hall–Kier alpha value is -2.62. The van der Waals surface area contributed by atoms with Crippen molar-refractivity contribution in [3.8, 4) is 0 Å². The molecule has 0 atom stereocenters. The largest absolute Gasteiger partial charge is 0.416 e. The lowest BCUT2D eigenvalue weighted by molar-refractivity contribution is -0.137. The van der Waals surface area contributed by atoms with E-state index in [-0.39, 0.29) is 10.8 Å². The number of sulfonamides is 1. The fourth-order valence-corrected chi connectivity index (χ4v) is 2.96. The third-order valence-electron chi connectivity index (χ3n) is 3.02. The Morgan fingerprint density at radius 3 is 2.16 bits per heavy atom.